The van der Waals surface area contributed by atoms with Gasteiger partial charge in [0.15, 0.2) is 0 Å². The lowest BCUT2D eigenvalue weighted by Gasteiger charge is -2.16. The summed E-state index contributed by atoms with van der Waals surface area (Å²) in [6.07, 6.45) is 3.43. The number of rotatable bonds is 8. The first-order chi connectivity index (χ1) is 21.1. The van der Waals surface area contributed by atoms with Crippen LogP contribution in [0.3, 0.4) is 0 Å². The minimum atomic E-state index is -3.95. The number of hydrogen-bond acceptors (Lipinski definition) is 4. The quantitative estimate of drug-likeness (QED) is 0.190. The molecule has 6 rings (SSSR count). The van der Waals surface area contributed by atoms with Gasteiger partial charge in [0.2, 0.25) is 0 Å². The number of aromatic nitrogens is 2. The molecule has 0 spiro atoms. The van der Waals surface area contributed by atoms with Crippen molar-refractivity contribution in [2.45, 2.75) is 26.7 Å². The number of nitrogens with zero attached hydrogens (tertiary/aromatic N) is 3. The first-order valence-electron chi connectivity index (χ1n) is 14.2. The maximum absolute atomic E-state index is 12.5. The van der Waals surface area contributed by atoms with E-state index in [2.05, 4.69) is 62.4 Å². The first-order valence-corrected chi connectivity index (χ1v) is 16.4. The Morgan fingerprint density at radius 3 is 2.14 bits per heavy atom. The number of imidazole rings is 1. The van der Waals surface area contributed by atoms with Crippen molar-refractivity contribution < 1.29 is 13.2 Å². The minimum Gasteiger partial charge on any atom is -0.303 e. The van der Waals surface area contributed by atoms with Gasteiger partial charge in [0.25, 0.3) is 5.91 Å². The van der Waals surface area contributed by atoms with Gasteiger partial charge >= 0.3 is 10.2 Å². The lowest BCUT2D eigenvalue weighted by atomic mass is 9.98. The summed E-state index contributed by atoms with van der Waals surface area (Å²) in [5.74, 6) is 0.765. The van der Waals surface area contributed by atoms with Crippen molar-refractivity contribution in [1.82, 2.24) is 14.3 Å². The van der Waals surface area contributed by atoms with Crippen LogP contribution in [0, 0.1) is 5.92 Å². The van der Waals surface area contributed by atoms with E-state index in [1.54, 1.807) is 30.3 Å². The third-order valence-electron chi connectivity index (χ3n) is 7.45. The van der Waals surface area contributed by atoms with E-state index < -0.39 is 16.1 Å². The Kier molecular flexibility index (Phi) is 8.24. The minimum absolute atomic E-state index is 0.277. The van der Waals surface area contributed by atoms with Gasteiger partial charge in [0.1, 0.15) is 12.4 Å². The number of carbonyl (C=O) groups excluding carboxylic acids is 1. The molecule has 4 aromatic carbocycles. The van der Waals surface area contributed by atoms with Gasteiger partial charge < -0.3 is 4.57 Å². The number of benzene rings is 4. The van der Waals surface area contributed by atoms with Crippen molar-refractivity contribution in [1.29, 1.82) is 0 Å². The van der Waals surface area contributed by atoms with Gasteiger partial charge in [-0.15, -0.1) is 0 Å². The van der Waals surface area contributed by atoms with E-state index in [-0.39, 0.29) is 6.54 Å². The van der Waals surface area contributed by atoms with Crippen LogP contribution in [0.4, 0.5) is 5.69 Å². The summed E-state index contributed by atoms with van der Waals surface area (Å²) >= 11 is 12.7. The second-order valence-electron chi connectivity index (χ2n) is 11.3. The van der Waals surface area contributed by atoms with Crippen LogP contribution in [0.2, 0.25) is 10.0 Å². The van der Waals surface area contributed by atoms with E-state index in [4.69, 9.17) is 28.2 Å². The Labute approximate surface area is 267 Å². The molecule has 0 atom stereocenters. The van der Waals surface area contributed by atoms with Gasteiger partial charge in [-0.2, -0.15) is 8.42 Å². The Bertz CT molecular complexity index is 1950. The van der Waals surface area contributed by atoms with Crippen molar-refractivity contribution in [2.75, 3.05) is 10.8 Å². The summed E-state index contributed by atoms with van der Waals surface area (Å²) in [7, 11) is -3.95. The zero-order chi connectivity index (χ0) is 31.0. The van der Waals surface area contributed by atoms with Crippen LogP contribution in [-0.4, -0.2) is 30.4 Å². The molecular weight excluding hydrogens is 615 g/mol. The summed E-state index contributed by atoms with van der Waals surface area (Å²) in [6.45, 7) is 4.17. The normalized spacial score (nSPS) is 14.3. The molecule has 0 unspecified atom stereocenters. The van der Waals surface area contributed by atoms with E-state index in [0.29, 0.717) is 39.5 Å². The topological polar surface area (TPSA) is 84.3 Å². The molecule has 0 aliphatic carbocycles. The molecule has 7 nitrogen and oxygen atoms in total. The molecule has 1 amide bonds. The van der Waals surface area contributed by atoms with Gasteiger partial charge in [-0.3, -0.25) is 4.79 Å². The van der Waals surface area contributed by atoms with Gasteiger partial charge in [-0.05, 0) is 71.0 Å². The van der Waals surface area contributed by atoms with Crippen molar-refractivity contribution in [3.63, 3.8) is 0 Å². The molecule has 0 saturated carbocycles. The third kappa shape index (κ3) is 6.38. The number of halogens is 2. The number of carbonyl (C=O) groups is 1. The molecule has 2 heterocycles. The fraction of sp³-hybridized carbons (Fsp3) is 0.176. The highest BCUT2D eigenvalue weighted by Crippen LogP contribution is 2.32. The number of hydrogen-bond donors (Lipinski definition) is 1. The summed E-state index contributed by atoms with van der Waals surface area (Å²) in [5.41, 5.74) is 7.11. The van der Waals surface area contributed by atoms with Crippen molar-refractivity contribution in [2.24, 2.45) is 5.92 Å². The lowest BCUT2D eigenvalue weighted by molar-refractivity contribution is -0.117. The Balaban J connectivity index is 1.35. The zero-order valence-electron chi connectivity index (χ0n) is 24.2. The largest absolute Gasteiger partial charge is 0.326 e. The third-order valence-corrected chi connectivity index (χ3v) is 9.40. The molecule has 0 radical (unpaired) electrons. The van der Waals surface area contributed by atoms with Crippen LogP contribution in [0.25, 0.3) is 28.1 Å². The van der Waals surface area contributed by atoms with Crippen LogP contribution in [0.1, 0.15) is 30.8 Å². The molecule has 224 valence electrons. The molecule has 1 N–H and O–H groups in total. The standard InChI is InChI=1S/C34H30Cl2N4O3S/c1-22(2)16-23-6-10-25(11-7-23)26-12-8-24(9-13-26)17-33-37-32(30-15-14-27(35)18-31(30)36)20-39(33)28-4-3-5-29(19-28)40-21-34(41)38-44(40,42)43/h3-15,18-20,22H,16-17,21H2,1-2H3,(H,38,41). The SMILES string of the molecule is CC(C)Cc1ccc(-c2ccc(Cc3nc(-c4ccc(Cl)cc4Cl)cn3-c3cccc(N4CC(=O)NS4(=O)=O)c3)cc2)cc1. The van der Waals surface area contributed by atoms with E-state index >= 15 is 0 Å². The first kappa shape index (κ1) is 29.9. The number of nitrogens with one attached hydrogen (secondary N) is 1. The van der Waals surface area contributed by atoms with Crippen molar-refractivity contribution in [3.05, 3.63) is 124 Å². The average molecular weight is 646 g/mol. The van der Waals surface area contributed by atoms with Gasteiger partial charge in [0.05, 0.1) is 16.4 Å². The highest BCUT2D eigenvalue weighted by atomic mass is 35.5. The number of amides is 1. The van der Waals surface area contributed by atoms with Crippen LogP contribution < -0.4 is 9.03 Å². The highest BCUT2D eigenvalue weighted by Gasteiger charge is 2.34. The second-order valence-corrected chi connectivity index (χ2v) is 13.7. The van der Waals surface area contributed by atoms with Crippen LogP contribution in [0.5, 0.6) is 0 Å². The molecule has 1 aliphatic heterocycles. The Morgan fingerprint density at radius 1 is 0.864 bits per heavy atom. The molecular formula is C34H30Cl2N4O3S. The summed E-state index contributed by atoms with van der Waals surface area (Å²) < 4.78 is 30.0. The van der Waals surface area contributed by atoms with E-state index in [1.165, 1.54) is 5.56 Å². The van der Waals surface area contributed by atoms with Gasteiger partial charge in [-0.25, -0.2) is 14.0 Å². The van der Waals surface area contributed by atoms with Gasteiger partial charge in [0, 0.05) is 28.9 Å². The van der Waals surface area contributed by atoms with Crippen LogP contribution in [-0.2, 0) is 27.8 Å². The van der Waals surface area contributed by atoms with Crippen LogP contribution >= 0.6 is 23.2 Å². The Morgan fingerprint density at radius 2 is 1.52 bits per heavy atom. The van der Waals surface area contributed by atoms with Crippen molar-refractivity contribution in [3.8, 4) is 28.1 Å². The molecule has 1 fully saturated rings. The molecule has 0 bridgehead atoms. The average Bonchev–Trinajstić information content (AvgIpc) is 3.52. The molecule has 5 aromatic rings. The van der Waals surface area contributed by atoms with Crippen LogP contribution in [0.15, 0.2) is 97.2 Å². The number of anilines is 1. The van der Waals surface area contributed by atoms with E-state index in [9.17, 15) is 13.2 Å². The van der Waals surface area contributed by atoms with Crippen molar-refractivity contribution >= 4 is 45.0 Å². The summed E-state index contributed by atoms with van der Waals surface area (Å²) in [6, 6.07) is 29.4. The zero-order valence-corrected chi connectivity index (χ0v) is 26.5. The van der Waals surface area contributed by atoms with E-state index in [0.717, 1.165) is 38.8 Å². The predicted octanol–water partition coefficient (Wildman–Crippen LogP) is 7.48. The fourth-order valence-electron chi connectivity index (χ4n) is 5.37. The maximum atomic E-state index is 12.5. The molecule has 1 aromatic heterocycles. The Hall–Kier alpha value is -4.11. The molecule has 1 aliphatic rings. The predicted molar refractivity (Wildman–Crippen MR) is 177 cm³/mol. The molecule has 1 saturated heterocycles. The fourth-order valence-corrected chi connectivity index (χ4v) is 7.02. The smallest absolute Gasteiger partial charge is 0.303 e. The van der Waals surface area contributed by atoms with Gasteiger partial charge in [-0.1, -0.05) is 91.6 Å². The monoisotopic (exact) mass is 644 g/mol. The summed E-state index contributed by atoms with van der Waals surface area (Å²) in [4.78, 5) is 16.8. The molecule has 44 heavy (non-hydrogen) atoms. The highest BCUT2D eigenvalue weighted by molar-refractivity contribution is 7.92. The lowest BCUT2D eigenvalue weighted by Crippen LogP contribution is -2.29. The molecule has 10 heteroatoms. The van der Waals surface area contributed by atoms with E-state index in [1.807, 2.05) is 27.6 Å². The maximum Gasteiger partial charge on any atom is 0.326 e. The summed E-state index contributed by atoms with van der Waals surface area (Å²) in [5, 5.41) is 0.995. The second kappa shape index (κ2) is 12.1.